The number of hydrogen-bond donors (Lipinski definition) is 2. The van der Waals surface area contributed by atoms with Crippen molar-refractivity contribution in [3.8, 4) is 0 Å². The summed E-state index contributed by atoms with van der Waals surface area (Å²) in [5.74, 6) is -0.588. The molecular formula is C23H31FN2O4S. The van der Waals surface area contributed by atoms with Crippen LogP contribution >= 0.6 is 0 Å². The third-order valence-corrected chi connectivity index (χ3v) is 9.37. The molecule has 0 saturated heterocycles. The van der Waals surface area contributed by atoms with Crippen LogP contribution in [-0.4, -0.2) is 25.6 Å². The van der Waals surface area contributed by atoms with Gasteiger partial charge in [0, 0.05) is 6.42 Å². The lowest BCUT2D eigenvalue weighted by Crippen LogP contribution is -2.58. The van der Waals surface area contributed by atoms with Gasteiger partial charge in [0.05, 0.1) is 11.0 Å². The summed E-state index contributed by atoms with van der Waals surface area (Å²) in [5.41, 5.74) is 4.15. The van der Waals surface area contributed by atoms with Crippen LogP contribution in [0.15, 0.2) is 23.1 Å². The fourth-order valence-electron chi connectivity index (χ4n) is 6.77. The Balaban J connectivity index is 1.55. The van der Waals surface area contributed by atoms with Crippen molar-refractivity contribution in [3.05, 3.63) is 29.6 Å². The minimum Gasteiger partial charge on any atom is -0.369 e. The largest absolute Gasteiger partial charge is 0.369 e. The van der Waals surface area contributed by atoms with E-state index in [4.69, 9.17) is 5.73 Å². The van der Waals surface area contributed by atoms with Gasteiger partial charge in [-0.25, -0.2) is 12.8 Å². The minimum absolute atomic E-state index is 0.195. The maximum atomic E-state index is 14.2. The number of primary amides is 1. The minimum atomic E-state index is -4.23. The number of ketones is 1. The Hall–Kier alpha value is -1.80. The van der Waals surface area contributed by atoms with Crippen molar-refractivity contribution in [2.45, 2.75) is 76.2 Å². The summed E-state index contributed by atoms with van der Waals surface area (Å²) in [6.45, 7) is 4.71. The third-order valence-electron chi connectivity index (χ3n) is 7.70. The lowest BCUT2D eigenvalue weighted by Gasteiger charge is -2.61. The van der Waals surface area contributed by atoms with E-state index < -0.39 is 31.7 Å². The number of rotatable bonds is 7. The summed E-state index contributed by atoms with van der Waals surface area (Å²) < 4.78 is 42.4. The molecule has 4 bridgehead atoms. The monoisotopic (exact) mass is 450 g/mol. The van der Waals surface area contributed by atoms with Crippen LogP contribution in [0.25, 0.3) is 0 Å². The molecule has 1 aromatic carbocycles. The number of nitrogens with one attached hydrogen (secondary N) is 1. The Morgan fingerprint density at radius 3 is 2.39 bits per heavy atom. The van der Waals surface area contributed by atoms with Crippen LogP contribution in [0.4, 0.5) is 4.39 Å². The number of halogens is 1. The number of benzene rings is 1. The van der Waals surface area contributed by atoms with Gasteiger partial charge in [-0.3, -0.25) is 9.59 Å². The van der Waals surface area contributed by atoms with Gasteiger partial charge in [0.15, 0.2) is 5.78 Å². The highest BCUT2D eigenvalue weighted by molar-refractivity contribution is 7.89. The molecule has 5 rings (SSSR count). The van der Waals surface area contributed by atoms with E-state index in [9.17, 15) is 22.4 Å². The molecule has 0 radical (unpaired) electrons. The highest BCUT2D eigenvalue weighted by Gasteiger charge is 2.60. The summed E-state index contributed by atoms with van der Waals surface area (Å²) in [4.78, 5) is 25.2. The Labute approximate surface area is 183 Å². The second-order valence-electron chi connectivity index (χ2n) is 10.9. The Morgan fingerprint density at radius 1 is 1.19 bits per heavy atom. The average Bonchev–Trinajstić information content (AvgIpc) is 2.61. The molecule has 0 aromatic heterocycles. The third kappa shape index (κ3) is 3.93. The van der Waals surface area contributed by atoms with Gasteiger partial charge in [-0.05, 0) is 94.2 Å². The molecule has 3 N–H and O–H groups in total. The molecule has 2 unspecified atom stereocenters. The number of amides is 1. The number of hydrogen-bond acceptors (Lipinski definition) is 4. The molecule has 0 aliphatic heterocycles. The van der Waals surface area contributed by atoms with Gasteiger partial charge in [0.25, 0.3) is 0 Å². The zero-order valence-corrected chi connectivity index (χ0v) is 19.1. The number of aryl methyl sites for hydroxylation is 1. The molecule has 4 saturated carbocycles. The van der Waals surface area contributed by atoms with Gasteiger partial charge in [0.2, 0.25) is 15.9 Å². The zero-order chi connectivity index (χ0) is 22.8. The molecule has 170 valence electrons. The zero-order valence-electron chi connectivity index (χ0n) is 18.3. The number of sulfonamides is 1. The number of Topliss-reactive ketones (excluding diaryl/α,β-unsaturated/α-hetero) is 1. The molecular weight excluding hydrogens is 419 g/mol. The van der Waals surface area contributed by atoms with Gasteiger partial charge >= 0.3 is 0 Å². The van der Waals surface area contributed by atoms with Gasteiger partial charge in [-0.15, -0.1) is 0 Å². The summed E-state index contributed by atoms with van der Waals surface area (Å²) in [6, 6.07) is 3.86. The van der Waals surface area contributed by atoms with Gasteiger partial charge in [0.1, 0.15) is 10.7 Å². The van der Waals surface area contributed by atoms with E-state index in [0.29, 0.717) is 23.8 Å². The van der Waals surface area contributed by atoms with Crippen LogP contribution in [0.1, 0.15) is 64.4 Å². The second-order valence-corrected chi connectivity index (χ2v) is 12.5. The molecule has 0 spiro atoms. The Morgan fingerprint density at radius 2 is 1.81 bits per heavy atom. The van der Waals surface area contributed by atoms with E-state index in [2.05, 4.69) is 4.72 Å². The van der Waals surface area contributed by atoms with Crippen LogP contribution < -0.4 is 10.5 Å². The van der Waals surface area contributed by atoms with Crippen LogP contribution in [0.5, 0.6) is 0 Å². The molecule has 31 heavy (non-hydrogen) atoms. The molecule has 8 heteroatoms. The van der Waals surface area contributed by atoms with Crippen molar-refractivity contribution in [1.29, 1.82) is 0 Å². The number of nitrogens with two attached hydrogens (primary N) is 1. The number of carbonyl (C=O) groups is 2. The molecule has 2 atom stereocenters. The maximum Gasteiger partial charge on any atom is 0.244 e. The summed E-state index contributed by atoms with van der Waals surface area (Å²) in [7, 11) is -4.23. The quantitative estimate of drug-likeness (QED) is 0.665. The van der Waals surface area contributed by atoms with Gasteiger partial charge < -0.3 is 5.73 Å². The second kappa shape index (κ2) is 7.10. The highest BCUT2D eigenvalue weighted by atomic mass is 32.2. The first-order valence-corrected chi connectivity index (χ1v) is 12.4. The van der Waals surface area contributed by atoms with E-state index in [1.807, 2.05) is 0 Å². The van der Waals surface area contributed by atoms with Crippen LogP contribution in [-0.2, 0) is 19.6 Å². The Kier molecular flexibility index (Phi) is 5.13. The van der Waals surface area contributed by atoms with Crippen molar-refractivity contribution in [3.63, 3.8) is 0 Å². The van der Waals surface area contributed by atoms with Gasteiger partial charge in [-0.1, -0.05) is 6.07 Å². The summed E-state index contributed by atoms with van der Waals surface area (Å²) in [6.07, 6.45) is 5.23. The molecule has 0 heterocycles. The molecule has 4 aliphatic rings. The Bertz CT molecular complexity index is 1040. The standard InChI is InChI=1S/C23H31FN2O4S/c1-14-4-5-17(24)18(6-14)31(29,30)26-21(2,3)19(27)12-22-8-15-7-16(9-22)11-23(10-15,13-22)20(25)28/h4-6,15-16,26H,7-13H2,1-3H3,(H2,25,28). The summed E-state index contributed by atoms with van der Waals surface area (Å²) >= 11 is 0. The van der Waals surface area contributed by atoms with Crippen molar-refractivity contribution in [1.82, 2.24) is 4.72 Å². The maximum absolute atomic E-state index is 14.2. The first-order chi connectivity index (χ1) is 14.3. The van der Waals surface area contributed by atoms with Crippen molar-refractivity contribution >= 4 is 21.7 Å². The smallest absolute Gasteiger partial charge is 0.244 e. The van der Waals surface area contributed by atoms with E-state index in [1.54, 1.807) is 6.92 Å². The van der Waals surface area contributed by atoms with Crippen molar-refractivity contribution in [2.75, 3.05) is 0 Å². The fraction of sp³-hybridized carbons (Fsp3) is 0.652. The molecule has 4 fully saturated rings. The van der Waals surface area contributed by atoms with E-state index >= 15 is 0 Å². The van der Waals surface area contributed by atoms with Crippen LogP contribution in [0, 0.1) is 35.4 Å². The average molecular weight is 451 g/mol. The summed E-state index contributed by atoms with van der Waals surface area (Å²) in [5, 5.41) is 0. The molecule has 1 aromatic rings. The van der Waals surface area contributed by atoms with Crippen LogP contribution in [0.2, 0.25) is 0 Å². The SMILES string of the molecule is Cc1ccc(F)c(S(=O)(=O)NC(C)(C)C(=O)CC23CC4CC(C2)CC(C(N)=O)(C4)C3)c1. The lowest BCUT2D eigenvalue weighted by molar-refractivity contribution is -0.158. The predicted molar refractivity (Wildman–Crippen MR) is 114 cm³/mol. The molecule has 4 aliphatic carbocycles. The fourth-order valence-corrected chi connectivity index (χ4v) is 8.33. The van der Waals surface area contributed by atoms with E-state index in [-0.39, 0.29) is 23.5 Å². The predicted octanol–water partition coefficient (Wildman–Crippen LogP) is 3.22. The van der Waals surface area contributed by atoms with Crippen LogP contribution in [0.3, 0.4) is 0 Å². The first kappa shape index (κ1) is 22.4. The highest BCUT2D eigenvalue weighted by Crippen LogP contribution is 2.66. The molecule has 6 nitrogen and oxygen atoms in total. The van der Waals surface area contributed by atoms with Gasteiger partial charge in [-0.2, -0.15) is 4.72 Å². The van der Waals surface area contributed by atoms with E-state index in [0.717, 1.165) is 38.2 Å². The van der Waals surface area contributed by atoms with Crippen molar-refractivity contribution < 1.29 is 22.4 Å². The topological polar surface area (TPSA) is 106 Å². The van der Waals surface area contributed by atoms with E-state index in [1.165, 1.54) is 26.0 Å². The molecule has 1 amide bonds. The van der Waals surface area contributed by atoms with Crippen molar-refractivity contribution in [2.24, 2.45) is 28.4 Å². The first-order valence-electron chi connectivity index (χ1n) is 10.9. The lowest BCUT2D eigenvalue weighted by atomic mass is 9.43. The normalized spacial score (nSPS) is 32.3. The number of carbonyl (C=O) groups excluding carboxylic acids is 2.